The Morgan fingerprint density at radius 3 is 2.81 bits per heavy atom. The van der Waals surface area contributed by atoms with Crippen molar-refractivity contribution >= 4 is 17.2 Å². The Labute approximate surface area is 154 Å². The fraction of sp³-hybridized carbons (Fsp3) is 0.200. The number of hydrogen-bond acceptors (Lipinski definition) is 4. The molecule has 0 fully saturated rings. The molecule has 1 aromatic carbocycles. The molecule has 2 N–H and O–H groups in total. The molecule has 3 aromatic rings. The molecule has 26 heavy (non-hydrogen) atoms. The van der Waals surface area contributed by atoms with Crippen molar-refractivity contribution in [2.24, 2.45) is 0 Å². The molecule has 4 rings (SSSR count). The van der Waals surface area contributed by atoms with E-state index in [0.29, 0.717) is 23.4 Å². The molecule has 1 amide bonds. The van der Waals surface area contributed by atoms with Gasteiger partial charge in [-0.05, 0) is 35.1 Å². The molecule has 1 aliphatic heterocycles. The number of nitrogens with one attached hydrogen (secondary N) is 1. The van der Waals surface area contributed by atoms with Gasteiger partial charge in [0.25, 0.3) is 11.5 Å². The standard InChI is InChI=1S/C20H18N2O3S/c23-10-8-21-19(24)16-12-15(13-4-2-1-3-5-13)20(25)22-9-6-14-7-11-26-18(14)17(16)22/h1-5,7,11-12,23H,6,8-10H2,(H,21,24). The number of rotatable bonds is 4. The van der Waals surface area contributed by atoms with Gasteiger partial charge in [-0.3, -0.25) is 9.59 Å². The summed E-state index contributed by atoms with van der Waals surface area (Å²) in [4.78, 5) is 26.9. The van der Waals surface area contributed by atoms with Crippen LogP contribution >= 0.6 is 11.3 Å². The minimum absolute atomic E-state index is 0.0797. The van der Waals surface area contributed by atoms with Gasteiger partial charge < -0.3 is 15.0 Å². The normalized spacial score (nSPS) is 12.3. The monoisotopic (exact) mass is 366 g/mol. The highest BCUT2D eigenvalue weighted by molar-refractivity contribution is 7.13. The number of fused-ring (bicyclic) bond motifs is 3. The van der Waals surface area contributed by atoms with Gasteiger partial charge in [0.2, 0.25) is 0 Å². The second-order valence-corrected chi connectivity index (χ2v) is 7.06. The van der Waals surface area contributed by atoms with Gasteiger partial charge in [-0.2, -0.15) is 0 Å². The number of amides is 1. The first-order chi connectivity index (χ1) is 12.7. The summed E-state index contributed by atoms with van der Waals surface area (Å²) in [5, 5.41) is 13.7. The van der Waals surface area contributed by atoms with E-state index in [0.717, 1.165) is 22.4 Å². The summed E-state index contributed by atoms with van der Waals surface area (Å²) in [6, 6.07) is 13.1. The molecule has 132 valence electrons. The van der Waals surface area contributed by atoms with Crippen molar-refractivity contribution < 1.29 is 9.90 Å². The molecular formula is C20H18N2O3S. The van der Waals surface area contributed by atoms with E-state index < -0.39 is 0 Å². The number of aliphatic hydroxyl groups is 1. The van der Waals surface area contributed by atoms with E-state index in [2.05, 4.69) is 11.4 Å². The number of carbonyl (C=O) groups is 1. The largest absolute Gasteiger partial charge is 0.395 e. The minimum Gasteiger partial charge on any atom is -0.395 e. The number of thiophene rings is 1. The molecule has 0 atom stereocenters. The Morgan fingerprint density at radius 2 is 2.04 bits per heavy atom. The lowest BCUT2D eigenvalue weighted by molar-refractivity contribution is 0.0944. The quantitative estimate of drug-likeness (QED) is 0.745. The highest BCUT2D eigenvalue weighted by Crippen LogP contribution is 2.36. The lowest BCUT2D eigenvalue weighted by Gasteiger charge is -2.23. The highest BCUT2D eigenvalue weighted by Gasteiger charge is 2.26. The van der Waals surface area contributed by atoms with E-state index >= 15 is 0 Å². The van der Waals surface area contributed by atoms with Gasteiger partial charge in [0.1, 0.15) is 0 Å². The maximum atomic E-state index is 13.1. The molecule has 0 saturated heterocycles. The predicted molar refractivity (Wildman–Crippen MR) is 103 cm³/mol. The summed E-state index contributed by atoms with van der Waals surface area (Å²) < 4.78 is 1.72. The van der Waals surface area contributed by atoms with Crippen LogP contribution in [0.2, 0.25) is 0 Å². The second kappa shape index (κ2) is 6.90. The van der Waals surface area contributed by atoms with Crippen molar-refractivity contribution in [1.29, 1.82) is 0 Å². The molecule has 0 spiro atoms. The van der Waals surface area contributed by atoms with Gasteiger partial charge >= 0.3 is 0 Å². The van der Waals surface area contributed by atoms with Crippen molar-refractivity contribution in [3.8, 4) is 21.7 Å². The summed E-state index contributed by atoms with van der Waals surface area (Å²) in [6.07, 6.45) is 0.779. The number of pyridine rings is 1. The Morgan fingerprint density at radius 1 is 1.23 bits per heavy atom. The molecule has 6 heteroatoms. The van der Waals surface area contributed by atoms with Gasteiger partial charge in [0.15, 0.2) is 0 Å². The van der Waals surface area contributed by atoms with Crippen LogP contribution in [-0.2, 0) is 13.0 Å². The summed E-state index contributed by atoms with van der Waals surface area (Å²) in [5.41, 5.74) is 3.55. The van der Waals surface area contributed by atoms with Gasteiger partial charge in [-0.25, -0.2) is 0 Å². The lowest BCUT2D eigenvalue weighted by Crippen LogP contribution is -2.33. The first kappa shape index (κ1) is 16.8. The molecule has 0 aliphatic carbocycles. The number of benzene rings is 1. The molecule has 2 aromatic heterocycles. The van der Waals surface area contributed by atoms with Crippen LogP contribution in [0.1, 0.15) is 15.9 Å². The number of nitrogens with zero attached hydrogens (tertiary/aromatic N) is 1. The van der Waals surface area contributed by atoms with E-state index in [1.165, 1.54) is 0 Å². The average molecular weight is 366 g/mol. The summed E-state index contributed by atoms with van der Waals surface area (Å²) in [5.74, 6) is -0.277. The Kier molecular flexibility index (Phi) is 4.44. The van der Waals surface area contributed by atoms with E-state index in [1.54, 1.807) is 22.0 Å². The van der Waals surface area contributed by atoms with Crippen LogP contribution < -0.4 is 10.9 Å². The molecule has 0 radical (unpaired) electrons. The van der Waals surface area contributed by atoms with Crippen molar-refractivity contribution in [3.63, 3.8) is 0 Å². The third kappa shape index (κ3) is 2.77. The third-order valence-electron chi connectivity index (χ3n) is 4.58. The number of aromatic nitrogens is 1. The molecule has 0 unspecified atom stereocenters. The van der Waals surface area contributed by atoms with Crippen LogP contribution in [0.3, 0.4) is 0 Å². The van der Waals surface area contributed by atoms with Gasteiger partial charge in [-0.15, -0.1) is 11.3 Å². The molecule has 0 saturated carbocycles. The topological polar surface area (TPSA) is 71.3 Å². The van der Waals surface area contributed by atoms with Crippen LogP contribution in [0.25, 0.3) is 21.7 Å². The zero-order valence-electron chi connectivity index (χ0n) is 14.1. The maximum absolute atomic E-state index is 13.1. The van der Waals surface area contributed by atoms with Crippen LogP contribution in [0.15, 0.2) is 52.6 Å². The third-order valence-corrected chi connectivity index (χ3v) is 5.55. The first-order valence-electron chi connectivity index (χ1n) is 8.49. The fourth-order valence-corrected chi connectivity index (χ4v) is 4.38. The van der Waals surface area contributed by atoms with Crippen molar-refractivity contribution in [1.82, 2.24) is 9.88 Å². The van der Waals surface area contributed by atoms with Crippen LogP contribution in [-0.4, -0.2) is 28.7 Å². The predicted octanol–water partition coefficient (Wildman–Crippen LogP) is 2.52. The Bertz CT molecular complexity index is 1020. The molecular weight excluding hydrogens is 348 g/mol. The Balaban J connectivity index is 1.97. The number of carbonyl (C=O) groups excluding carboxylic acids is 1. The molecule has 0 bridgehead atoms. The average Bonchev–Trinajstić information content (AvgIpc) is 3.16. The van der Waals surface area contributed by atoms with Crippen molar-refractivity contribution in [3.05, 3.63) is 69.3 Å². The maximum Gasteiger partial charge on any atom is 0.258 e. The SMILES string of the molecule is O=C(NCCO)c1cc(-c2ccccc2)c(=O)n2c1-c1sccc1CC2. The van der Waals surface area contributed by atoms with E-state index in [9.17, 15) is 9.59 Å². The highest BCUT2D eigenvalue weighted by atomic mass is 32.1. The Hall–Kier alpha value is -2.70. The number of aliphatic hydroxyl groups excluding tert-OH is 1. The zero-order valence-corrected chi connectivity index (χ0v) is 14.9. The lowest BCUT2D eigenvalue weighted by atomic mass is 9.98. The minimum atomic E-state index is -0.277. The summed E-state index contributed by atoms with van der Waals surface area (Å²) in [7, 11) is 0. The molecule has 5 nitrogen and oxygen atoms in total. The molecule has 3 heterocycles. The smallest absolute Gasteiger partial charge is 0.258 e. The number of aryl methyl sites for hydroxylation is 1. The van der Waals surface area contributed by atoms with Crippen LogP contribution in [0, 0.1) is 0 Å². The second-order valence-electron chi connectivity index (χ2n) is 6.15. The first-order valence-corrected chi connectivity index (χ1v) is 9.37. The van der Waals surface area contributed by atoms with Crippen molar-refractivity contribution in [2.45, 2.75) is 13.0 Å². The van der Waals surface area contributed by atoms with Gasteiger partial charge in [-0.1, -0.05) is 30.3 Å². The summed E-state index contributed by atoms with van der Waals surface area (Å²) in [6.45, 7) is 0.602. The van der Waals surface area contributed by atoms with Gasteiger partial charge in [0, 0.05) is 18.7 Å². The summed E-state index contributed by atoms with van der Waals surface area (Å²) >= 11 is 1.54. The van der Waals surface area contributed by atoms with E-state index in [1.807, 2.05) is 35.7 Å². The zero-order chi connectivity index (χ0) is 18.1. The van der Waals surface area contributed by atoms with Crippen molar-refractivity contribution in [2.75, 3.05) is 13.2 Å². The van der Waals surface area contributed by atoms with Crippen LogP contribution in [0.4, 0.5) is 0 Å². The fourth-order valence-electron chi connectivity index (χ4n) is 3.36. The number of hydrogen-bond donors (Lipinski definition) is 2. The van der Waals surface area contributed by atoms with E-state index in [-0.39, 0.29) is 24.6 Å². The van der Waals surface area contributed by atoms with Crippen LogP contribution in [0.5, 0.6) is 0 Å². The van der Waals surface area contributed by atoms with E-state index in [4.69, 9.17) is 5.11 Å². The van der Waals surface area contributed by atoms with Gasteiger partial charge in [0.05, 0.1) is 22.7 Å². The molecule has 1 aliphatic rings.